The molecule has 1 fully saturated rings. The molecule has 1 N–H and O–H groups in total. The van der Waals surface area contributed by atoms with Gasteiger partial charge in [0.05, 0.1) is 11.4 Å². The van der Waals surface area contributed by atoms with Crippen LogP contribution in [-0.2, 0) is 9.59 Å². The van der Waals surface area contributed by atoms with Gasteiger partial charge in [0.15, 0.2) is 5.17 Å². The zero-order chi connectivity index (χ0) is 20.1. The molecule has 1 heterocycles. The third-order valence-electron chi connectivity index (χ3n) is 3.90. The van der Waals surface area contributed by atoms with Crippen molar-refractivity contribution in [1.82, 2.24) is 4.90 Å². The van der Waals surface area contributed by atoms with E-state index in [-0.39, 0.29) is 30.4 Å². The molecule has 2 amide bonds. The van der Waals surface area contributed by atoms with Crippen molar-refractivity contribution in [3.05, 3.63) is 72.8 Å². The summed E-state index contributed by atoms with van der Waals surface area (Å²) in [6.45, 7) is 3.87. The number of hydrogen-bond acceptors (Lipinski definition) is 4. The first-order valence-electron chi connectivity index (χ1n) is 8.45. The minimum absolute atomic E-state index is 0.0612. The number of nitrogens with zero attached hydrogens (tertiary/aromatic N) is 2. The van der Waals surface area contributed by atoms with Crippen LogP contribution < -0.4 is 5.32 Å². The van der Waals surface area contributed by atoms with Gasteiger partial charge in [-0.1, -0.05) is 30.0 Å². The molecule has 1 saturated heterocycles. The van der Waals surface area contributed by atoms with Crippen molar-refractivity contribution in [3.8, 4) is 0 Å². The third kappa shape index (κ3) is 4.64. The van der Waals surface area contributed by atoms with E-state index in [0.29, 0.717) is 10.9 Å². The van der Waals surface area contributed by atoms with Crippen LogP contribution in [0.4, 0.5) is 20.2 Å². The molecule has 28 heavy (non-hydrogen) atoms. The summed E-state index contributed by atoms with van der Waals surface area (Å²) in [7, 11) is 0. The number of amidine groups is 1. The lowest BCUT2D eigenvalue weighted by molar-refractivity contribution is -0.127. The van der Waals surface area contributed by atoms with E-state index in [1.165, 1.54) is 47.4 Å². The molecular formula is C20H17F2N3O2S. The van der Waals surface area contributed by atoms with Crippen LogP contribution in [-0.4, -0.2) is 33.7 Å². The highest BCUT2D eigenvalue weighted by Crippen LogP contribution is 2.32. The molecule has 5 nitrogen and oxygen atoms in total. The van der Waals surface area contributed by atoms with Gasteiger partial charge in [0.25, 0.3) is 0 Å². The Bertz CT molecular complexity index is 931. The molecule has 0 radical (unpaired) electrons. The molecule has 1 atom stereocenters. The average Bonchev–Trinajstić information content (AvgIpc) is 2.94. The summed E-state index contributed by atoms with van der Waals surface area (Å²) < 4.78 is 26.8. The molecule has 3 rings (SSSR count). The van der Waals surface area contributed by atoms with Gasteiger partial charge in [0, 0.05) is 13.0 Å². The second kappa shape index (κ2) is 8.79. The Hall–Kier alpha value is -3.00. The zero-order valence-electron chi connectivity index (χ0n) is 14.8. The number of halogens is 2. The van der Waals surface area contributed by atoms with E-state index in [1.54, 1.807) is 12.1 Å². The quantitative estimate of drug-likeness (QED) is 0.741. The van der Waals surface area contributed by atoms with E-state index in [1.807, 2.05) is 0 Å². The van der Waals surface area contributed by atoms with E-state index < -0.39 is 17.0 Å². The molecular weight excluding hydrogens is 384 g/mol. The fourth-order valence-corrected chi connectivity index (χ4v) is 3.75. The molecule has 144 valence electrons. The van der Waals surface area contributed by atoms with E-state index in [4.69, 9.17) is 0 Å². The maximum Gasteiger partial charge on any atom is 0.242 e. The first kappa shape index (κ1) is 19.8. The third-order valence-corrected chi connectivity index (χ3v) is 5.08. The lowest BCUT2D eigenvalue weighted by Crippen LogP contribution is -2.33. The molecule has 1 aliphatic rings. The highest BCUT2D eigenvalue weighted by atomic mass is 32.2. The minimum Gasteiger partial charge on any atom is -0.324 e. The number of hydrogen-bond donors (Lipinski definition) is 1. The number of rotatable bonds is 6. The molecule has 0 unspecified atom stereocenters. The maximum absolute atomic E-state index is 13.7. The highest BCUT2D eigenvalue weighted by molar-refractivity contribution is 8.15. The van der Waals surface area contributed by atoms with Crippen LogP contribution in [0.25, 0.3) is 0 Å². The number of carbonyl (C=O) groups excluding carboxylic acids is 2. The molecule has 0 aliphatic carbocycles. The van der Waals surface area contributed by atoms with Crippen molar-refractivity contribution >= 4 is 40.1 Å². The van der Waals surface area contributed by atoms with Gasteiger partial charge in [0.2, 0.25) is 11.8 Å². The fourth-order valence-electron chi connectivity index (χ4n) is 2.58. The van der Waals surface area contributed by atoms with Gasteiger partial charge in [-0.25, -0.2) is 13.8 Å². The first-order valence-corrected chi connectivity index (χ1v) is 9.33. The van der Waals surface area contributed by atoms with E-state index >= 15 is 0 Å². The number of amides is 2. The van der Waals surface area contributed by atoms with Gasteiger partial charge in [-0.3, -0.25) is 14.5 Å². The summed E-state index contributed by atoms with van der Waals surface area (Å²) in [5.74, 6) is -1.69. The van der Waals surface area contributed by atoms with Crippen LogP contribution in [0.15, 0.2) is 66.2 Å². The summed E-state index contributed by atoms with van der Waals surface area (Å²) >= 11 is 1.14. The summed E-state index contributed by atoms with van der Waals surface area (Å²) in [6.07, 6.45) is 1.42. The van der Waals surface area contributed by atoms with E-state index in [0.717, 1.165) is 11.8 Å². The van der Waals surface area contributed by atoms with Crippen molar-refractivity contribution < 1.29 is 18.4 Å². The SMILES string of the molecule is C=CCN1C(=O)[C@@H](CC(=O)Nc2ccccc2F)SC1=Nc1ccc(F)cc1. The van der Waals surface area contributed by atoms with E-state index in [2.05, 4.69) is 16.9 Å². The second-order valence-corrected chi connectivity index (χ2v) is 7.12. The van der Waals surface area contributed by atoms with E-state index in [9.17, 15) is 18.4 Å². The Labute approximate surface area is 165 Å². The molecule has 8 heteroatoms. The predicted molar refractivity (Wildman–Crippen MR) is 106 cm³/mol. The topological polar surface area (TPSA) is 61.8 Å². The van der Waals surface area contributed by atoms with Gasteiger partial charge in [-0.05, 0) is 36.4 Å². The van der Waals surface area contributed by atoms with Crippen molar-refractivity contribution in [3.63, 3.8) is 0 Å². The van der Waals surface area contributed by atoms with Crippen LogP contribution in [0.1, 0.15) is 6.42 Å². The first-order chi connectivity index (χ1) is 13.5. The van der Waals surface area contributed by atoms with Crippen molar-refractivity contribution in [2.45, 2.75) is 11.7 Å². The van der Waals surface area contributed by atoms with Crippen LogP contribution in [0.5, 0.6) is 0 Å². The molecule has 0 spiro atoms. The Balaban J connectivity index is 1.74. The molecule has 0 aromatic heterocycles. The zero-order valence-corrected chi connectivity index (χ0v) is 15.6. The molecule has 0 bridgehead atoms. The summed E-state index contributed by atoms with van der Waals surface area (Å²) in [5, 5.41) is 2.19. The van der Waals surface area contributed by atoms with Gasteiger partial charge < -0.3 is 5.32 Å². The summed E-state index contributed by atoms with van der Waals surface area (Å²) in [6, 6.07) is 11.4. The lowest BCUT2D eigenvalue weighted by Gasteiger charge is -2.13. The number of nitrogens with one attached hydrogen (secondary N) is 1. The normalized spacial score (nSPS) is 17.8. The molecule has 0 saturated carbocycles. The average molecular weight is 401 g/mol. The summed E-state index contributed by atoms with van der Waals surface area (Å²) in [5.41, 5.74) is 0.549. The number of para-hydroxylation sites is 1. The maximum atomic E-state index is 13.7. The number of benzene rings is 2. The standard InChI is InChI=1S/C20H17F2N3O2S/c1-2-11-25-19(27)17(12-18(26)24-16-6-4-3-5-15(16)22)28-20(25)23-14-9-7-13(21)8-10-14/h2-10,17H,1,11-12H2,(H,24,26)/t17-/m1/s1. The highest BCUT2D eigenvalue weighted by Gasteiger charge is 2.38. The smallest absolute Gasteiger partial charge is 0.242 e. The Morgan fingerprint density at radius 1 is 1.21 bits per heavy atom. The van der Waals surface area contributed by atoms with Crippen LogP contribution in [0, 0.1) is 11.6 Å². The van der Waals surface area contributed by atoms with Gasteiger partial charge >= 0.3 is 0 Å². The lowest BCUT2D eigenvalue weighted by atomic mass is 10.2. The Morgan fingerprint density at radius 3 is 2.61 bits per heavy atom. The largest absolute Gasteiger partial charge is 0.324 e. The minimum atomic E-state index is -0.689. The Kier molecular flexibility index (Phi) is 6.20. The number of carbonyl (C=O) groups is 2. The summed E-state index contributed by atoms with van der Waals surface area (Å²) in [4.78, 5) is 30.7. The number of anilines is 1. The number of aliphatic imine (C=N–C) groups is 1. The number of thioether (sulfide) groups is 1. The van der Waals surface area contributed by atoms with Gasteiger partial charge in [0.1, 0.15) is 16.9 Å². The molecule has 1 aliphatic heterocycles. The van der Waals surface area contributed by atoms with Crippen LogP contribution in [0.3, 0.4) is 0 Å². The predicted octanol–water partition coefficient (Wildman–Crippen LogP) is 4.11. The van der Waals surface area contributed by atoms with Crippen LogP contribution in [0.2, 0.25) is 0 Å². The Morgan fingerprint density at radius 2 is 1.93 bits per heavy atom. The van der Waals surface area contributed by atoms with Crippen LogP contribution >= 0.6 is 11.8 Å². The fraction of sp³-hybridized carbons (Fsp3) is 0.150. The van der Waals surface area contributed by atoms with Gasteiger partial charge in [-0.2, -0.15) is 0 Å². The monoisotopic (exact) mass is 401 g/mol. The molecule has 2 aromatic carbocycles. The second-order valence-electron chi connectivity index (χ2n) is 5.95. The van der Waals surface area contributed by atoms with Crippen molar-refractivity contribution in [2.24, 2.45) is 4.99 Å². The van der Waals surface area contributed by atoms with Crippen molar-refractivity contribution in [1.29, 1.82) is 0 Å². The molecule has 2 aromatic rings. The van der Waals surface area contributed by atoms with Gasteiger partial charge in [-0.15, -0.1) is 6.58 Å². The van der Waals surface area contributed by atoms with Crippen molar-refractivity contribution in [2.75, 3.05) is 11.9 Å².